The zero-order chi connectivity index (χ0) is 21.3. The van der Waals surface area contributed by atoms with Crippen LogP contribution >= 0.6 is 0 Å². The number of nitrogens with two attached hydrogens (primary N) is 1. The summed E-state index contributed by atoms with van der Waals surface area (Å²) in [5, 5.41) is 11.8. The van der Waals surface area contributed by atoms with Gasteiger partial charge in [0, 0.05) is 12.6 Å². The molecule has 1 amide bonds. The van der Waals surface area contributed by atoms with Gasteiger partial charge in [0.1, 0.15) is 12.7 Å². The number of amides is 1. The molecule has 0 heterocycles. The summed E-state index contributed by atoms with van der Waals surface area (Å²) in [6, 6.07) is 16.2. The molecule has 0 spiro atoms. The fourth-order valence-electron chi connectivity index (χ4n) is 2.61. The number of halogens is 2. The van der Waals surface area contributed by atoms with E-state index in [0.717, 1.165) is 5.56 Å². The number of carbonyl (C=O) groups excluding carboxylic acids is 2. The topological polar surface area (TPSA) is 102 Å². The van der Waals surface area contributed by atoms with Gasteiger partial charge < -0.3 is 20.9 Å². The van der Waals surface area contributed by atoms with Crippen molar-refractivity contribution in [2.24, 2.45) is 5.73 Å². The highest BCUT2D eigenvalue weighted by Gasteiger charge is 2.49. The summed E-state index contributed by atoms with van der Waals surface area (Å²) in [5.74, 6) is -6.43. The van der Waals surface area contributed by atoms with Crippen molar-refractivity contribution in [1.29, 1.82) is 0 Å². The Kier molecular flexibility index (Phi) is 8.23. The highest BCUT2D eigenvalue weighted by atomic mass is 19.3. The van der Waals surface area contributed by atoms with Gasteiger partial charge in [-0.1, -0.05) is 60.7 Å². The number of alkyl halides is 2. The molecular weight excluding hydrogens is 382 g/mol. The summed E-state index contributed by atoms with van der Waals surface area (Å²) >= 11 is 0. The second-order valence-electron chi connectivity index (χ2n) is 6.57. The predicted octanol–water partition coefficient (Wildman–Crippen LogP) is 1.80. The fraction of sp³-hybridized carbons (Fsp3) is 0.333. The maximum atomic E-state index is 14.2. The Labute approximate surface area is 167 Å². The first-order chi connectivity index (χ1) is 13.8. The van der Waals surface area contributed by atoms with Gasteiger partial charge in [-0.05, 0) is 17.5 Å². The number of aliphatic hydroxyl groups excluding tert-OH is 1. The number of carbonyl (C=O) groups is 2. The third-order valence-electron chi connectivity index (χ3n) is 4.25. The van der Waals surface area contributed by atoms with Crippen LogP contribution in [0.5, 0.6) is 0 Å². The van der Waals surface area contributed by atoms with Crippen molar-refractivity contribution in [3.8, 4) is 0 Å². The third-order valence-corrected chi connectivity index (χ3v) is 4.25. The van der Waals surface area contributed by atoms with Gasteiger partial charge in [-0.2, -0.15) is 8.78 Å². The Hall–Kier alpha value is -2.84. The summed E-state index contributed by atoms with van der Waals surface area (Å²) in [7, 11) is 0. The molecule has 29 heavy (non-hydrogen) atoms. The van der Waals surface area contributed by atoms with E-state index in [1.807, 2.05) is 11.4 Å². The van der Waals surface area contributed by atoms with Crippen molar-refractivity contribution < 1.29 is 28.2 Å². The Morgan fingerprint density at radius 1 is 1.03 bits per heavy atom. The number of rotatable bonds is 10. The van der Waals surface area contributed by atoms with E-state index >= 15 is 0 Å². The van der Waals surface area contributed by atoms with E-state index in [4.69, 9.17) is 10.5 Å². The Morgan fingerprint density at radius 2 is 1.59 bits per heavy atom. The zero-order valence-electron chi connectivity index (χ0n) is 15.8. The van der Waals surface area contributed by atoms with Crippen LogP contribution in [0.1, 0.15) is 17.5 Å². The molecule has 0 bridgehead atoms. The van der Waals surface area contributed by atoms with Crippen LogP contribution in [-0.2, 0) is 27.4 Å². The van der Waals surface area contributed by atoms with E-state index in [1.54, 1.807) is 54.6 Å². The standard InChI is InChI=1S/C21H24F2N2O4/c22-21(23,19(27)17(24)13-15-7-3-1-4-8-15)20(28)25-12-11-18(26)29-14-16-9-5-2-6-10-16/h1-10,17,19,27H,11-14,24H2,(H,25,28)/t17-,19+/m0/s1. The van der Waals surface area contributed by atoms with E-state index in [9.17, 15) is 23.5 Å². The first kappa shape index (κ1) is 22.4. The summed E-state index contributed by atoms with van der Waals surface area (Å²) in [6.45, 7) is -0.292. The van der Waals surface area contributed by atoms with E-state index in [1.165, 1.54) is 0 Å². The number of hydrogen-bond donors (Lipinski definition) is 3. The number of esters is 1. The number of hydrogen-bond acceptors (Lipinski definition) is 5. The van der Waals surface area contributed by atoms with Crippen LogP contribution in [0, 0.1) is 0 Å². The molecular formula is C21H24F2N2O4. The molecule has 2 rings (SSSR count). The van der Waals surface area contributed by atoms with Gasteiger partial charge >= 0.3 is 11.9 Å². The molecule has 2 aromatic rings. The minimum atomic E-state index is -4.10. The van der Waals surface area contributed by atoms with Crippen LogP contribution in [0.3, 0.4) is 0 Å². The number of aliphatic hydroxyl groups is 1. The van der Waals surface area contributed by atoms with Gasteiger partial charge in [0.05, 0.1) is 6.42 Å². The minimum absolute atomic E-state index is 0.0172. The van der Waals surface area contributed by atoms with Crippen molar-refractivity contribution in [1.82, 2.24) is 5.32 Å². The molecule has 6 nitrogen and oxygen atoms in total. The van der Waals surface area contributed by atoms with E-state index in [2.05, 4.69) is 0 Å². The predicted molar refractivity (Wildman–Crippen MR) is 103 cm³/mol. The quantitative estimate of drug-likeness (QED) is 0.523. The smallest absolute Gasteiger partial charge is 0.351 e. The molecule has 0 fully saturated rings. The molecule has 0 saturated heterocycles. The highest BCUT2D eigenvalue weighted by Crippen LogP contribution is 2.22. The first-order valence-electron chi connectivity index (χ1n) is 9.14. The van der Waals surface area contributed by atoms with Crippen molar-refractivity contribution >= 4 is 11.9 Å². The second-order valence-corrected chi connectivity index (χ2v) is 6.57. The first-order valence-corrected chi connectivity index (χ1v) is 9.14. The van der Waals surface area contributed by atoms with Gasteiger partial charge in [0.25, 0.3) is 5.91 Å². The van der Waals surface area contributed by atoms with E-state index in [-0.39, 0.29) is 26.0 Å². The Morgan fingerprint density at radius 3 is 2.17 bits per heavy atom. The van der Waals surface area contributed by atoms with Gasteiger partial charge in [-0.25, -0.2) is 0 Å². The molecule has 0 aliphatic heterocycles. The van der Waals surface area contributed by atoms with Crippen molar-refractivity contribution in [3.63, 3.8) is 0 Å². The van der Waals surface area contributed by atoms with Crippen LogP contribution in [0.15, 0.2) is 60.7 Å². The molecule has 0 aromatic heterocycles. The average Bonchev–Trinajstić information content (AvgIpc) is 2.73. The minimum Gasteiger partial charge on any atom is -0.461 e. The molecule has 4 N–H and O–H groups in total. The molecule has 0 saturated carbocycles. The maximum Gasteiger partial charge on any atom is 0.351 e. The van der Waals surface area contributed by atoms with Crippen molar-refractivity contribution in [2.75, 3.05) is 6.54 Å². The average molecular weight is 406 g/mol. The van der Waals surface area contributed by atoms with E-state index < -0.39 is 29.9 Å². The molecule has 0 unspecified atom stereocenters. The summed E-state index contributed by atoms with van der Waals surface area (Å²) in [5.41, 5.74) is 7.11. The lowest BCUT2D eigenvalue weighted by Crippen LogP contribution is -2.56. The molecule has 0 aliphatic carbocycles. The van der Waals surface area contributed by atoms with Crippen molar-refractivity contribution in [2.45, 2.75) is 37.5 Å². The van der Waals surface area contributed by atoms with Crippen LogP contribution < -0.4 is 11.1 Å². The van der Waals surface area contributed by atoms with Gasteiger partial charge in [-0.3, -0.25) is 9.59 Å². The molecule has 2 aromatic carbocycles. The lowest BCUT2D eigenvalue weighted by atomic mass is 9.97. The normalized spacial score (nSPS) is 13.4. The second kappa shape index (κ2) is 10.6. The zero-order valence-corrected chi connectivity index (χ0v) is 15.8. The van der Waals surface area contributed by atoms with Crippen LogP contribution in [0.2, 0.25) is 0 Å². The molecule has 2 atom stereocenters. The molecule has 0 aliphatic rings. The Balaban J connectivity index is 1.76. The summed E-state index contributed by atoms with van der Waals surface area (Å²) < 4.78 is 33.4. The number of ether oxygens (including phenoxy) is 1. The lowest BCUT2D eigenvalue weighted by molar-refractivity contribution is -0.165. The number of nitrogens with one attached hydrogen (secondary N) is 1. The number of benzene rings is 2. The summed E-state index contributed by atoms with van der Waals surface area (Å²) in [6.07, 6.45) is -2.66. The fourth-order valence-corrected chi connectivity index (χ4v) is 2.61. The van der Waals surface area contributed by atoms with Crippen LogP contribution in [-0.4, -0.2) is 41.6 Å². The highest BCUT2D eigenvalue weighted by molar-refractivity contribution is 5.84. The third kappa shape index (κ3) is 6.92. The van der Waals surface area contributed by atoms with E-state index in [0.29, 0.717) is 5.56 Å². The van der Waals surface area contributed by atoms with Gasteiger partial charge in [0.15, 0.2) is 0 Å². The summed E-state index contributed by atoms with van der Waals surface area (Å²) in [4.78, 5) is 23.5. The van der Waals surface area contributed by atoms with Crippen molar-refractivity contribution in [3.05, 3.63) is 71.8 Å². The van der Waals surface area contributed by atoms with Crippen LogP contribution in [0.25, 0.3) is 0 Å². The maximum absolute atomic E-state index is 14.2. The van der Waals surface area contributed by atoms with Gasteiger partial charge in [0.2, 0.25) is 0 Å². The SMILES string of the molecule is N[C@@H](Cc1ccccc1)[C@@H](O)C(F)(F)C(=O)NCCC(=O)OCc1ccccc1. The monoisotopic (exact) mass is 406 g/mol. The lowest BCUT2D eigenvalue weighted by Gasteiger charge is -2.26. The van der Waals surface area contributed by atoms with Crippen LogP contribution in [0.4, 0.5) is 8.78 Å². The molecule has 156 valence electrons. The largest absolute Gasteiger partial charge is 0.461 e. The van der Waals surface area contributed by atoms with Gasteiger partial charge in [-0.15, -0.1) is 0 Å². The molecule has 0 radical (unpaired) electrons. The Bertz CT molecular complexity index is 788. The molecule has 8 heteroatoms.